The number of nitrogens with zero attached hydrogens (tertiary/aromatic N) is 1. The van der Waals surface area contributed by atoms with Gasteiger partial charge in [-0.25, -0.2) is 0 Å². The third-order valence-corrected chi connectivity index (χ3v) is 3.74. The van der Waals surface area contributed by atoms with Crippen LogP contribution in [0.1, 0.15) is 39.9 Å². The van der Waals surface area contributed by atoms with Crippen molar-refractivity contribution in [1.29, 1.82) is 0 Å². The van der Waals surface area contributed by atoms with Crippen LogP contribution in [-0.4, -0.2) is 24.0 Å². The topological polar surface area (TPSA) is 77.2 Å². The monoisotopic (exact) mass is 399 g/mol. The van der Waals surface area contributed by atoms with Crippen LogP contribution in [0.3, 0.4) is 0 Å². The first-order valence-corrected chi connectivity index (χ1v) is 8.23. The zero-order valence-electron chi connectivity index (χ0n) is 15.2. The van der Waals surface area contributed by atoms with E-state index < -0.39 is 0 Å². The maximum atomic E-state index is 12.2. The Morgan fingerprint density at radius 2 is 1.88 bits per heavy atom. The minimum absolute atomic E-state index is 0. The third-order valence-electron chi connectivity index (χ3n) is 3.74. The number of benzene rings is 1. The number of hydrogen-bond acceptors (Lipinski definition) is 4. The summed E-state index contributed by atoms with van der Waals surface area (Å²) in [5.41, 5.74) is 9.02. The molecule has 0 radical (unpaired) electrons. The molecule has 0 aliphatic carbocycles. The van der Waals surface area contributed by atoms with Crippen LogP contribution in [-0.2, 0) is 6.61 Å². The second-order valence-corrected chi connectivity index (χ2v) is 5.84. The predicted molar refractivity (Wildman–Crippen MR) is 110 cm³/mol. The number of unbranched alkanes of at least 4 members (excludes halogenated alkanes) is 1. The minimum Gasteiger partial charge on any atom is -0.488 e. The molecule has 7 heteroatoms. The number of pyridine rings is 1. The van der Waals surface area contributed by atoms with Crippen LogP contribution in [0.2, 0.25) is 0 Å². The highest BCUT2D eigenvalue weighted by Crippen LogP contribution is 2.25. The Kier molecular flexibility index (Phi) is 11.6. The van der Waals surface area contributed by atoms with Gasteiger partial charge >= 0.3 is 0 Å². The van der Waals surface area contributed by atoms with Gasteiger partial charge in [-0.1, -0.05) is 6.07 Å². The molecule has 0 unspecified atom stereocenters. The summed E-state index contributed by atoms with van der Waals surface area (Å²) in [6, 6.07) is 7.59. The van der Waals surface area contributed by atoms with Crippen molar-refractivity contribution in [1.82, 2.24) is 10.3 Å². The van der Waals surface area contributed by atoms with Gasteiger partial charge in [0.2, 0.25) is 0 Å². The molecule has 2 aromatic rings. The number of amides is 1. The first-order valence-electron chi connectivity index (χ1n) is 8.23. The number of nitrogens with one attached hydrogen (secondary N) is 1. The number of nitrogens with two attached hydrogens (primary N) is 1. The number of carbonyl (C=O) groups excluding carboxylic acids is 1. The quantitative estimate of drug-likeness (QED) is 0.664. The fourth-order valence-corrected chi connectivity index (χ4v) is 2.52. The van der Waals surface area contributed by atoms with Gasteiger partial charge in [0.15, 0.2) is 0 Å². The Morgan fingerprint density at radius 1 is 1.19 bits per heavy atom. The lowest BCUT2D eigenvalue weighted by Gasteiger charge is -2.14. The van der Waals surface area contributed by atoms with Crippen molar-refractivity contribution in [2.45, 2.75) is 33.3 Å². The normalized spacial score (nSPS) is 9.65. The lowest BCUT2D eigenvalue weighted by Crippen LogP contribution is -2.25. The molecule has 0 saturated carbocycles. The Bertz CT molecular complexity index is 659. The Morgan fingerprint density at radius 3 is 2.46 bits per heavy atom. The van der Waals surface area contributed by atoms with Gasteiger partial charge in [0.1, 0.15) is 12.4 Å². The summed E-state index contributed by atoms with van der Waals surface area (Å²) in [5, 5.41) is 2.92. The van der Waals surface area contributed by atoms with E-state index in [9.17, 15) is 4.79 Å². The second kappa shape index (κ2) is 12.5. The van der Waals surface area contributed by atoms with Crippen LogP contribution >= 0.6 is 24.8 Å². The molecule has 0 aliphatic rings. The SMILES string of the molecule is Cc1cc(C(=O)NCCCCN)cc(C)c1OCc1cccnc1.Cl.Cl. The molecule has 0 spiro atoms. The van der Waals surface area contributed by atoms with Crippen molar-refractivity contribution in [3.05, 3.63) is 58.9 Å². The largest absolute Gasteiger partial charge is 0.488 e. The van der Waals surface area contributed by atoms with Gasteiger partial charge in [-0.05, 0) is 62.6 Å². The molecule has 1 heterocycles. The molecule has 26 heavy (non-hydrogen) atoms. The summed E-state index contributed by atoms with van der Waals surface area (Å²) < 4.78 is 5.92. The van der Waals surface area contributed by atoms with E-state index >= 15 is 0 Å². The van der Waals surface area contributed by atoms with Crippen LogP contribution in [0.5, 0.6) is 5.75 Å². The van der Waals surface area contributed by atoms with Crippen LogP contribution in [0.25, 0.3) is 0 Å². The molecule has 0 atom stereocenters. The number of rotatable bonds is 8. The number of ether oxygens (including phenoxy) is 1. The maximum absolute atomic E-state index is 12.2. The van der Waals surface area contributed by atoms with E-state index in [1.54, 1.807) is 12.4 Å². The molecule has 144 valence electrons. The summed E-state index contributed by atoms with van der Waals surface area (Å²) in [6.45, 7) is 5.66. The summed E-state index contributed by atoms with van der Waals surface area (Å²) in [6.07, 6.45) is 5.33. The van der Waals surface area contributed by atoms with Crippen LogP contribution in [0, 0.1) is 13.8 Å². The zero-order valence-corrected chi connectivity index (χ0v) is 16.8. The van der Waals surface area contributed by atoms with Crippen molar-refractivity contribution >= 4 is 30.7 Å². The third kappa shape index (κ3) is 7.20. The molecule has 3 N–H and O–H groups in total. The Balaban J connectivity index is 0.00000312. The lowest BCUT2D eigenvalue weighted by atomic mass is 10.0. The van der Waals surface area contributed by atoms with Crippen molar-refractivity contribution in [2.24, 2.45) is 5.73 Å². The molecule has 1 aromatic heterocycles. The van der Waals surface area contributed by atoms with Gasteiger partial charge in [-0.2, -0.15) is 0 Å². The smallest absolute Gasteiger partial charge is 0.251 e. The van der Waals surface area contributed by atoms with E-state index in [1.165, 1.54) is 0 Å². The summed E-state index contributed by atoms with van der Waals surface area (Å²) in [4.78, 5) is 16.3. The van der Waals surface area contributed by atoms with Crippen LogP contribution < -0.4 is 15.8 Å². The number of halogens is 2. The molecule has 2 rings (SSSR count). The lowest BCUT2D eigenvalue weighted by molar-refractivity contribution is 0.0953. The number of aryl methyl sites for hydroxylation is 2. The van der Waals surface area contributed by atoms with Gasteiger partial charge in [0.25, 0.3) is 5.91 Å². The first kappa shape index (κ1) is 24.2. The number of carbonyl (C=O) groups is 1. The van der Waals surface area contributed by atoms with Crippen molar-refractivity contribution in [3.8, 4) is 5.75 Å². The first-order chi connectivity index (χ1) is 11.6. The summed E-state index contributed by atoms with van der Waals surface area (Å²) >= 11 is 0. The Hall–Kier alpha value is -1.82. The minimum atomic E-state index is -0.0583. The van der Waals surface area contributed by atoms with Crippen LogP contribution in [0.4, 0.5) is 0 Å². The van der Waals surface area contributed by atoms with E-state index in [4.69, 9.17) is 10.5 Å². The highest BCUT2D eigenvalue weighted by atomic mass is 35.5. The molecule has 0 bridgehead atoms. The number of aromatic nitrogens is 1. The highest BCUT2D eigenvalue weighted by molar-refractivity contribution is 5.94. The van der Waals surface area contributed by atoms with Gasteiger partial charge in [-0.3, -0.25) is 9.78 Å². The highest BCUT2D eigenvalue weighted by Gasteiger charge is 2.11. The summed E-state index contributed by atoms with van der Waals surface area (Å²) in [7, 11) is 0. The van der Waals surface area contributed by atoms with Crippen LogP contribution in [0.15, 0.2) is 36.7 Å². The molecular formula is C19H27Cl2N3O2. The van der Waals surface area contributed by atoms with Gasteiger partial charge in [0, 0.05) is 30.1 Å². The fourth-order valence-electron chi connectivity index (χ4n) is 2.52. The molecule has 0 fully saturated rings. The van der Waals surface area contributed by atoms with Crippen molar-refractivity contribution in [3.63, 3.8) is 0 Å². The summed E-state index contributed by atoms with van der Waals surface area (Å²) in [5.74, 6) is 0.760. The molecule has 0 saturated heterocycles. The van der Waals surface area contributed by atoms with E-state index in [0.29, 0.717) is 25.3 Å². The molecule has 0 aliphatic heterocycles. The van der Waals surface area contributed by atoms with E-state index in [-0.39, 0.29) is 30.7 Å². The molecule has 5 nitrogen and oxygen atoms in total. The van der Waals surface area contributed by atoms with Gasteiger partial charge in [0.05, 0.1) is 0 Å². The molecule has 1 aromatic carbocycles. The van der Waals surface area contributed by atoms with Crippen molar-refractivity contribution in [2.75, 3.05) is 13.1 Å². The maximum Gasteiger partial charge on any atom is 0.251 e. The van der Waals surface area contributed by atoms with E-state index in [2.05, 4.69) is 10.3 Å². The molecular weight excluding hydrogens is 373 g/mol. The second-order valence-electron chi connectivity index (χ2n) is 5.84. The molecule has 1 amide bonds. The number of hydrogen-bond donors (Lipinski definition) is 2. The van der Waals surface area contributed by atoms with E-state index in [0.717, 1.165) is 35.3 Å². The fraction of sp³-hybridized carbons (Fsp3) is 0.368. The Labute approximate surface area is 167 Å². The standard InChI is InChI=1S/C19H25N3O2.2ClH/c1-14-10-17(19(23)22-9-4-3-7-20)11-15(2)18(14)24-13-16-6-5-8-21-12-16;;/h5-6,8,10-12H,3-4,7,9,13,20H2,1-2H3,(H,22,23);2*1H. The average molecular weight is 400 g/mol. The predicted octanol–water partition coefficient (Wildman–Crippen LogP) is 3.59. The zero-order chi connectivity index (χ0) is 17.4. The van der Waals surface area contributed by atoms with Gasteiger partial charge < -0.3 is 15.8 Å². The van der Waals surface area contributed by atoms with E-state index in [1.807, 2.05) is 38.1 Å². The average Bonchev–Trinajstić information content (AvgIpc) is 2.58. The van der Waals surface area contributed by atoms with Gasteiger partial charge in [-0.15, -0.1) is 24.8 Å². The van der Waals surface area contributed by atoms with Crippen molar-refractivity contribution < 1.29 is 9.53 Å².